The van der Waals surface area contributed by atoms with E-state index in [9.17, 15) is 28.1 Å². The molecule has 10 nitrogen and oxygen atoms in total. The number of carbonyl (C=O) groups is 2. The topological polar surface area (TPSA) is 127 Å². The third-order valence-electron chi connectivity index (χ3n) is 3.22. The van der Waals surface area contributed by atoms with E-state index in [1.165, 1.54) is 24.3 Å². The first-order chi connectivity index (χ1) is 11.7. The molecule has 12 heteroatoms. The average Bonchev–Trinajstić information content (AvgIpc) is 2.48. The van der Waals surface area contributed by atoms with E-state index in [-0.39, 0.29) is 37.3 Å². The molecule has 0 N–H and O–H groups in total. The van der Waals surface area contributed by atoms with Crippen molar-refractivity contribution in [3.8, 4) is 0 Å². The van der Waals surface area contributed by atoms with Gasteiger partial charge in [0.1, 0.15) is 6.61 Å². The van der Waals surface area contributed by atoms with E-state index < -0.39 is 26.3 Å². The lowest BCUT2D eigenvalue weighted by Crippen LogP contribution is -2.49. The maximum Gasteiger partial charge on any atom is 0.435 e. The van der Waals surface area contributed by atoms with Crippen molar-refractivity contribution in [3.05, 3.63) is 39.9 Å². The molecule has 0 bridgehead atoms. The van der Waals surface area contributed by atoms with Crippen LogP contribution in [0.5, 0.6) is 0 Å². The number of nitro groups is 1. The van der Waals surface area contributed by atoms with Crippen LogP contribution >= 0.6 is 11.9 Å². The Kier molecular flexibility index (Phi) is 5.98. The number of ether oxygens (including phenoxy) is 1. The zero-order chi connectivity index (χ0) is 18.6. The van der Waals surface area contributed by atoms with Gasteiger partial charge in [0.15, 0.2) is 0 Å². The molecule has 1 heterocycles. The van der Waals surface area contributed by atoms with Crippen molar-refractivity contribution >= 4 is 39.1 Å². The Hall–Kier alpha value is -2.18. The van der Waals surface area contributed by atoms with Crippen LogP contribution in [0, 0.1) is 10.1 Å². The molecule has 0 unspecified atom stereocenters. The number of nitrogens with zero attached hydrogens (tertiary/aromatic N) is 3. The van der Waals surface area contributed by atoms with E-state index in [1.807, 2.05) is 0 Å². The summed E-state index contributed by atoms with van der Waals surface area (Å²) in [5, 5.41) is 10.00. The highest BCUT2D eigenvalue weighted by molar-refractivity contribution is 8.18. The van der Waals surface area contributed by atoms with Crippen molar-refractivity contribution in [2.75, 3.05) is 13.1 Å². The molecule has 1 fully saturated rings. The summed E-state index contributed by atoms with van der Waals surface area (Å²) >= 11 is 0.235. The Labute approximate surface area is 148 Å². The summed E-state index contributed by atoms with van der Waals surface area (Å²) < 4.78 is 31.0. The summed E-state index contributed by atoms with van der Waals surface area (Å²) in [7, 11) is -4.14. The molecule has 2 rings (SSSR count). The second kappa shape index (κ2) is 7.80. The largest absolute Gasteiger partial charge is 0.443 e. The Morgan fingerprint density at radius 2 is 1.92 bits per heavy atom. The number of amides is 1. The van der Waals surface area contributed by atoms with Crippen LogP contribution in [-0.2, 0) is 26.3 Å². The molecule has 0 aliphatic carbocycles. The van der Waals surface area contributed by atoms with E-state index in [2.05, 4.69) is 0 Å². The van der Waals surface area contributed by atoms with E-state index in [1.54, 1.807) is 0 Å². The molecule has 1 aliphatic heterocycles. The minimum Gasteiger partial charge on any atom is -0.443 e. The first-order valence-corrected chi connectivity index (χ1v) is 9.28. The zero-order valence-corrected chi connectivity index (χ0v) is 14.8. The number of rotatable bonds is 5. The molecule has 1 aliphatic rings. The van der Waals surface area contributed by atoms with Gasteiger partial charge in [-0.15, -0.1) is 3.71 Å². The third kappa shape index (κ3) is 4.67. The predicted molar refractivity (Wildman–Crippen MR) is 88.5 cm³/mol. The highest BCUT2D eigenvalue weighted by atomic mass is 32.3. The maximum atomic E-state index is 12.3. The summed E-state index contributed by atoms with van der Waals surface area (Å²) in [6.45, 7) is 1.38. The van der Waals surface area contributed by atoms with Crippen LogP contribution in [-0.4, -0.2) is 45.7 Å². The van der Waals surface area contributed by atoms with E-state index in [4.69, 9.17) is 4.74 Å². The summed E-state index contributed by atoms with van der Waals surface area (Å²) in [6.07, 6.45) is -0.527. The number of nitro benzene ring substituents is 1. The first kappa shape index (κ1) is 19.1. The quantitative estimate of drug-likeness (QED) is 0.423. The van der Waals surface area contributed by atoms with E-state index in [0.29, 0.717) is 15.7 Å². The van der Waals surface area contributed by atoms with Crippen LogP contribution in [0.25, 0.3) is 0 Å². The molecule has 0 aromatic heterocycles. The molecule has 0 spiro atoms. The number of non-ortho nitro benzene ring substituents is 1. The minimum atomic E-state index is -4.14. The standard InChI is InChI=1S/C13H15N3O7S2/c1-10(17)24-16(25(21,22)14-7-2-8-14)13(18)23-9-11-3-5-12(6-4-11)15(19)20/h3-6H,2,7-9H2,1H3. The van der Waals surface area contributed by atoms with Gasteiger partial charge < -0.3 is 4.74 Å². The van der Waals surface area contributed by atoms with Crippen LogP contribution in [0.3, 0.4) is 0 Å². The van der Waals surface area contributed by atoms with Gasteiger partial charge in [0.25, 0.3) is 5.69 Å². The van der Waals surface area contributed by atoms with Crippen LogP contribution in [0.15, 0.2) is 24.3 Å². The Morgan fingerprint density at radius 3 is 2.36 bits per heavy atom. The first-order valence-electron chi connectivity index (χ1n) is 7.11. The fourth-order valence-corrected chi connectivity index (χ4v) is 4.34. The van der Waals surface area contributed by atoms with Crippen molar-refractivity contribution in [1.82, 2.24) is 8.02 Å². The molecule has 1 amide bonds. The summed E-state index contributed by atoms with van der Waals surface area (Å²) in [5.74, 6) is 0. The number of carbonyl (C=O) groups excluding carboxylic acids is 2. The van der Waals surface area contributed by atoms with Crippen molar-refractivity contribution in [2.45, 2.75) is 20.0 Å². The second-order valence-corrected chi connectivity index (χ2v) is 8.18. The second-order valence-electron chi connectivity index (χ2n) is 5.05. The van der Waals surface area contributed by atoms with Crippen molar-refractivity contribution in [3.63, 3.8) is 0 Å². The SMILES string of the molecule is CC(=O)SN(C(=O)OCc1ccc([N+](=O)[O-])cc1)S(=O)(=O)N1CCC1. The van der Waals surface area contributed by atoms with Gasteiger partial charge >= 0.3 is 16.3 Å². The lowest BCUT2D eigenvalue weighted by atomic mass is 10.2. The van der Waals surface area contributed by atoms with Crippen molar-refractivity contribution in [1.29, 1.82) is 0 Å². The molecule has 1 saturated heterocycles. The van der Waals surface area contributed by atoms with Crippen LogP contribution in [0.2, 0.25) is 0 Å². The summed E-state index contributed by atoms with van der Waals surface area (Å²) in [5.41, 5.74) is 0.317. The van der Waals surface area contributed by atoms with Gasteiger partial charge in [0, 0.05) is 44.1 Å². The zero-order valence-electron chi connectivity index (χ0n) is 13.2. The van der Waals surface area contributed by atoms with Gasteiger partial charge in [0.05, 0.1) is 4.92 Å². The molecule has 0 atom stereocenters. The Bertz CT molecular complexity index is 775. The van der Waals surface area contributed by atoms with E-state index >= 15 is 0 Å². The van der Waals surface area contributed by atoms with Crippen LogP contribution in [0.4, 0.5) is 10.5 Å². The lowest BCUT2D eigenvalue weighted by Gasteiger charge is -2.33. The molecule has 136 valence electrons. The number of benzene rings is 1. The number of hydrogen-bond donors (Lipinski definition) is 0. The third-order valence-corrected chi connectivity index (χ3v) is 6.17. The average molecular weight is 389 g/mol. The van der Waals surface area contributed by atoms with Crippen molar-refractivity contribution in [2.24, 2.45) is 0 Å². The van der Waals surface area contributed by atoms with Gasteiger partial charge in [-0.1, -0.05) is 0 Å². The predicted octanol–water partition coefficient (Wildman–Crippen LogP) is 1.68. The Morgan fingerprint density at radius 1 is 1.32 bits per heavy atom. The highest BCUT2D eigenvalue weighted by Crippen LogP contribution is 2.25. The van der Waals surface area contributed by atoms with Crippen molar-refractivity contribution < 1.29 is 27.7 Å². The smallest absolute Gasteiger partial charge is 0.435 e. The molecule has 0 radical (unpaired) electrons. The minimum absolute atomic E-state index is 0.121. The fourth-order valence-electron chi connectivity index (χ4n) is 1.83. The molecular formula is C13H15N3O7S2. The van der Waals surface area contributed by atoms with Crippen LogP contribution < -0.4 is 0 Å². The fraction of sp³-hybridized carbons (Fsp3) is 0.385. The molecule has 1 aromatic carbocycles. The maximum absolute atomic E-state index is 12.3. The van der Waals surface area contributed by atoms with Crippen LogP contribution in [0.1, 0.15) is 18.9 Å². The molecule has 1 aromatic rings. The van der Waals surface area contributed by atoms with Gasteiger partial charge in [-0.05, 0) is 24.1 Å². The van der Waals surface area contributed by atoms with Gasteiger partial charge in [-0.2, -0.15) is 12.7 Å². The molecule has 0 saturated carbocycles. The lowest BCUT2D eigenvalue weighted by molar-refractivity contribution is -0.384. The molecule has 25 heavy (non-hydrogen) atoms. The van der Waals surface area contributed by atoms with Gasteiger partial charge in [0.2, 0.25) is 5.12 Å². The summed E-state index contributed by atoms with van der Waals surface area (Å²) in [4.78, 5) is 33.4. The number of hydrogen-bond acceptors (Lipinski definition) is 8. The van der Waals surface area contributed by atoms with Gasteiger partial charge in [-0.25, -0.2) is 4.79 Å². The molecular weight excluding hydrogens is 374 g/mol. The van der Waals surface area contributed by atoms with E-state index in [0.717, 1.165) is 11.2 Å². The Balaban J connectivity index is 2.06. The van der Waals surface area contributed by atoms with Gasteiger partial charge in [-0.3, -0.25) is 14.9 Å². The highest BCUT2D eigenvalue weighted by Gasteiger charge is 2.39. The monoisotopic (exact) mass is 389 g/mol. The summed E-state index contributed by atoms with van der Waals surface area (Å²) in [6, 6.07) is 5.25. The normalized spacial score (nSPS) is 14.4.